The van der Waals surface area contributed by atoms with E-state index in [1.165, 1.54) is 12.1 Å². The summed E-state index contributed by atoms with van der Waals surface area (Å²) in [4.78, 5) is 24.2. The van der Waals surface area contributed by atoms with Gasteiger partial charge in [-0.1, -0.05) is 36.4 Å². The summed E-state index contributed by atoms with van der Waals surface area (Å²) in [6.45, 7) is -0.0254. The van der Waals surface area contributed by atoms with E-state index in [4.69, 9.17) is 0 Å². The molecule has 0 aromatic heterocycles. The van der Waals surface area contributed by atoms with Gasteiger partial charge in [-0.3, -0.25) is 4.79 Å². The minimum atomic E-state index is -3.64. The molecule has 4 N–H and O–H groups in total. The summed E-state index contributed by atoms with van der Waals surface area (Å²) in [5.74, 6) is -0.335. The molecule has 3 amide bonds. The molecule has 160 valence electrons. The van der Waals surface area contributed by atoms with Gasteiger partial charge in [0.15, 0.2) is 0 Å². The average Bonchev–Trinajstić information content (AvgIpc) is 2.76. The Morgan fingerprint density at radius 3 is 1.71 bits per heavy atom. The number of urea groups is 1. The van der Waals surface area contributed by atoms with E-state index in [-0.39, 0.29) is 29.8 Å². The molecule has 0 unspecified atom stereocenters. The van der Waals surface area contributed by atoms with Crippen molar-refractivity contribution in [3.8, 4) is 0 Å². The Kier molecular flexibility index (Phi) is 7.36. The van der Waals surface area contributed by atoms with Gasteiger partial charge in [-0.15, -0.1) is 0 Å². The first-order chi connectivity index (χ1) is 14.9. The summed E-state index contributed by atoms with van der Waals surface area (Å²) >= 11 is 0. The van der Waals surface area contributed by atoms with E-state index >= 15 is 0 Å². The first-order valence-corrected chi connectivity index (χ1v) is 11.0. The third-order valence-electron chi connectivity index (χ3n) is 4.16. The van der Waals surface area contributed by atoms with Gasteiger partial charge in [-0.25, -0.2) is 17.9 Å². The zero-order valence-corrected chi connectivity index (χ0v) is 17.4. The lowest BCUT2D eigenvalue weighted by atomic mass is 10.2. The topological polar surface area (TPSA) is 116 Å². The van der Waals surface area contributed by atoms with E-state index < -0.39 is 10.0 Å². The molecule has 9 heteroatoms. The lowest BCUT2D eigenvalue weighted by Gasteiger charge is -2.10. The molecular weight excluding hydrogens is 416 g/mol. The van der Waals surface area contributed by atoms with Gasteiger partial charge in [0.2, 0.25) is 15.9 Å². The zero-order valence-electron chi connectivity index (χ0n) is 16.5. The third-order valence-corrected chi connectivity index (χ3v) is 5.63. The van der Waals surface area contributed by atoms with Gasteiger partial charge in [0.25, 0.3) is 0 Å². The number of hydrogen-bond donors (Lipinski definition) is 4. The van der Waals surface area contributed by atoms with Crippen molar-refractivity contribution in [3.63, 3.8) is 0 Å². The van der Waals surface area contributed by atoms with E-state index in [1.807, 2.05) is 18.2 Å². The minimum Gasteiger partial charge on any atom is -0.326 e. The van der Waals surface area contributed by atoms with Crippen LogP contribution in [0.4, 0.5) is 21.9 Å². The third kappa shape index (κ3) is 6.95. The van der Waals surface area contributed by atoms with Crippen LogP contribution in [-0.2, 0) is 14.8 Å². The molecule has 0 heterocycles. The van der Waals surface area contributed by atoms with Gasteiger partial charge in [0, 0.05) is 30.0 Å². The summed E-state index contributed by atoms with van der Waals surface area (Å²) in [5, 5.41) is 8.09. The lowest BCUT2D eigenvalue weighted by Crippen LogP contribution is -2.27. The van der Waals surface area contributed by atoms with Crippen molar-refractivity contribution >= 4 is 39.0 Å². The van der Waals surface area contributed by atoms with Crippen LogP contribution in [-0.4, -0.2) is 26.9 Å². The lowest BCUT2D eigenvalue weighted by molar-refractivity contribution is -0.116. The van der Waals surface area contributed by atoms with Crippen molar-refractivity contribution in [2.24, 2.45) is 0 Å². The number of sulfonamides is 1. The highest BCUT2D eigenvalue weighted by atomic mass is 32.2. The predicted molar refractivity (Wildman–Crippen MR) is 120 cm³/mol. The number of amides is 3. The maximum absolute atomic E-state index is 12.1. The molecule has 3 rings (SSSR count). The van der Waals surface area contributed by atoms with E-state index in [0.29, 0.717) is 17.1 Å². The molecule has 8 nitrogen and oxygen atoms in total. The van der Waals surface area contributed by atoms with Crippen molar-refractivity contribution in [2.75, 3.05) is 22.5 Å². The smallest absolute Gasteiger partial charge is 0.323 e. The molecule has 0 radical (unpaired) electrons. The number of carbonyl (C=O) groups excluding carboxylic acids is 2. The van der Waals surface area contributed by atoms with Gasteiger partial charge in [0.1, 0.15) is 0 Å². The maximum atomic E-state index is 12.1. The quantitative estimate of drug-likeness (QED) is 0.430. The highest BCUT2D eigenvalue weighted by Gasteiger charge is 2.13. The van der Waals surface area contributed by atoms with Crippen LogP contribution < -0.4 is 20.7 Å². The molecule has 0 bridgehead atoms. The Balaban J connectivity index is 1.44. The standard InChI is InChI=1S/C22H22N4O4S/c27-21(15-16-23-31(29,30)20-9-5-2-6-10-20)24-18-11-13-19(14-12-18)26-22(28)25-17-7-3-1-4-8-17/h1-14,23H,15-16H2,(H,24,27)(H2,25,26,28). The number of nitrogens with one attached hydrogen (secondary N) is 4. The number of carbonyl (C=O) groups is 2. The van der Waals surface area contributed by atoms with Crippen LogP contribution in [0.25, 0.3) is 0 Å². The van der Waals surface area contributed by atoms with Gasteiger partial charge in [-0.2, -0.15) is 0 Å². The largest absolute Gasteiger partial charge is 0.326 e. The number of benzene rings is 3. The molecule has 3 aromatic carbocycles. The Morgan fingerprint density at radius 1 is 0.645 bits per heavy atom. The van der Waals surface area contributed by atoms with Gasteiger partial charge in [0.05, 0.1) is 4.90 Å². The molecule has 0 spiro atoms. The summed E-state index contributed by atoms with van der Waals surface area (Å²) in [5.41, 5.74) is 1.76. The summed E-state index contributed by atoms with van der Waals surface area (Å²) in [6, 6.07) is 23.2. The second-order valence-electron chi connectivity index (χ2n) is 6.53. The van der Waals surface area contributed by atoms with Crippen molar-refractivity contribution in [1.82, 2.24) is 4.72 Å². The predicted octanol–water partition coefficient (Wildman–Crippen LogP) is 3.64. The number of anilines is 3. The monoisotopic (exact) mass is 438 g/mol. The molecule has 0 saturated carbocycles. The Bertz CT molecular complexity index is 1120. The summed E-state index contributed by atoms with van der Waals surface area (Å²) in [7, 11) is -3.64. The van der Waals surface area contributed by atoms with Gasteiger partial charge >= 0.3 is 6.03 Å². The molecular formula is C22H22N4O4S. The van der Waals surface area contributed by atoms with E-state index in [2.05, 4.69) is 20.7 Å². The van der Waals surface area contributed by atoms with Crippen LogP contribution in [0.3, 0.4) is 0 Å². The second kappa shape index (κ2) is 10.4. The zero-order chi connectivity index (χ0) is 22.1. The normalized spacial score (nSPS) is 10.8. The van der Waals surface area contributed by atoms with Gasteiger partial charge in [-0.05, 0) is 48.5 Å². The van der Waals surface area contributed by atoms with E-state index in [9.17, 15) is 18.0 Å². The van der Waals surface area contributed by atoms with Crippen LogP contribution in [0.15, 0.2) is 89.8 Å². The highest BCUT2D eigenvalue weighted by molar-refractivity contribution is 7.89. The van der Waals surface area contributed by atoms with Crippen LogP contribution in [0.1, 0.15) is 6.42 Å². The number of rotatable bonds is 8. The van der Waals surface area contributed by atoms with Crippen LogP contribution in [0, 0.1) is 0 Å². The molecule has 0 aliphatic carbocycles. The number of hydrogen-bond acceptors (Lipinski definition) is 4. The number of para-hydroxylation sites is 1. The van der Waals surface area contributed by atoms with Crippen molar-refractivity contribution in [3.05, 3.63) is 84.9 Å². The molecule has 0 aliphatic heterocycles. The van der Waals surface area contributed by atoms with Crippen molar-refractivity contribution < 1.29 is 18.0 Å². The minimum absolute atomic E-state index is 0.0223. The van der Waals surface area contributed by atoms with Crippen LogP contribution in [0.2, 0.25) is 0 Å². The Morgan fingerprint density at radius 2 is 1.13 bits per heavy atom. The SMILES string of the molecule is O=C(CCNS(=O)(=O)c1ccccc1)Nc1ccc(NC(=O)Nc2ccccc2)cc1. The molecule has 0 aliphatic rings. The first-order valence-electron chi connectivity index (χ1n) is 9.50. The molecule has 31 heavy (non-hydrogen) atoms. The Labute approximate surface area is 180 Å². The summed E-state index contributed by atoms with van der Waals surface area (Å²) in [6.07, 6.45) is -0.0223. The molecule has 0 saturated heterocycles. The van der Waals surface area contributed by atoms with Crippen LogP contribution >= 0.6 is 0 Å². The summed E-state index contributed by atoms with van der Waals surface area (Å²) < 4.78 is 26.7. The fourth-order valence-corrected chi connectivity index (χ4v) is 3.71. The molecule has 0 fully saturated rings. The molecule has 0 atom stereocenters. The van der Waals surface area contributed by atoms with E-state index in [0.717, 1.165) is 0 Å². The van der Waals surface area contributed by atoms with Crippen molar-refractivity contribution in [1.29, 1.82) is 0 Å². The fraction of sp³-hybridized carbons (Fsp3) is 0.0909. The van der Waals surface area contributed by atoms with E-state index in [1.54, 1.807) is 54.6 Å². The maximum Gasteiger partial charge on any atom is 0.323 e. The average molecular weight is 439 g/mol. The molecule has 3 aromatic rings. The second-order valence-corrected chi connectivity index (χ2v) is 8.30. The highest BCUT2D eigenvalue weighted by Crippen LogP contribution is 2.15. The van der Waals surface area contributed by atoms with Crippen LogP contribution in [0.5, 0.6) is 0 Å². The van der Waals surface area contributed by atoms with Gasteiger partial charge < -0.3 is 16.0 Å². The fourth-order valence-electron chi connectivity index (χ4n) is 2.66. The van der Waals surface area contributed by atoms with Crippen molar-refractivity contribution in [2.45, 2.75) is 11.3 Å². The first kappa shape index (κ1) is 22.0. The Hall–Kier alpha value is -3.69.